The third kappa shape index (κ3) is 5.57. The number of pyridine rings is 1. The number of hydrogen-bond acceptors (Lipinski definition) is 6. The van der Waals surface area contributed by atoms with E-state index >= 15 is 0 Å². The summed E-state index contributed by atoms with van der Waals surface area (Å²) in [6.45, 7) is 0. The van der Waals surface area contributed by atoms with Crippen molar-refractivity contribution in [2.45, 2.75) is 6.42 Å². The fourth-order valence-corrected chi connectivity index (χ4v) is 12.5. The first-order chi connectivity index (χ1) is 32.2. The predicted octanol–water partition coefficient (Wildman–Crippen LogP) is 15.1. The smallest absolute Gasteiger partial charge is 0.163 e. The minimum absolute atomic E-state index is 0.407. The lowest BCUT2D eigenvalue weighted by Crippen LogP contribution is -2.09. The number of benzene rings is 8. The molecule has 0 aliphatic carbocycles. The average Bonchev–Trinajstić information content (AvgIpc) is 4.12. The summed E-state index contributed by atoms with van der Waals surface area (Å²) < 4.78 is 9.87. The summed E-state index contributed by atoms with van der Waals surface area (Å²) in [6.07, 6.45) is 2.48. The molecule has 6 aromatic heterocycles. The van der Waals surface area contributed by atoms with Crippen LogP contribution in [0.25, 0.3) is 118 Å². The molecule has 8 heteroatoms. The topological polar surface area (TPSA) is 61.4 Å². The zero-order valence-electron chi connectivity index (χ0n) is 34.7. The van der Waals surface area contributed by atoms with Crippen molar-refractivity contribution in [1.82, 2.24) is 29.1 Å². The van der Waals surface area contributed by atoms with Gasteiger partial charge in [-0.05, 0) is 30.3 Å². The van der Waals surface area contributed by atoms with Crippen LogP contribution < -0.4 is 0 Å². The summed E-state index contributed by atoms with van der Waals surface area (Å²) in [4.78, 5) is 21.2. The molecule has 65 heavy (non-hydrogen) atoms. The zero-order valence-corrected chi connectivity index (χ0v) is 36.3. The van der Waals surface area contributed by atoms with Crippen LogP contribution in [0, 0.1) is 0 Å². The highest BCUT2D eigenvalue weighted by Crippen LogP contribution is 2.45. The molecule has 8 aromatic carbocycles. The van der Waals surface area contributed by atoms with Crippen molar-refractivity contribution in [2.75, 3.05) is 0 Å². The van der Waals surface area contributed by atoms with Crippen molar-refractivity contribution in [1.29, 1.82) is 0 Å². The second-order valence-corrected chi connectivity index (χ2v) is 18.7. The molecule has 0 saturated carbocycles. The first-order valence-corrected chi connectivity index (χ1v) is 23.4. The van der Waals surface area contributed by atoms with E-state index in [0.717, 1.165) is 44.7 Å². The maximum absolute atomic E-state index is 5.61. The summed E-state index contributed by atoms with van der Waals surface area (Å²) >= 11 is 3.70. The van der Waals surface area contributed by atoms with Gasteiger partial charge in [0.2, 0.25) is 0 Å². The van der Waals surface area contributed by atoms with Crippen LogP contribution in [0.5, 0.6) is 0 Å². The van der Waals surface area contributed by atoms with E-state index in [1.165, 1.54) is 67.4 Å². The number of rotatable bonds is 6. The van der Waals surface area contributed by atoms with Crippen molar-refractivity contribution in [3.63, 3.8) is 0 Å². The number of fused-ring (bicyclic) bond motifs is 14. The van der Waals surface area contributed by atoms with Gasteiger partial charge in [-0.2, -0.15) is 0 Å². The molecule has 0 spiro atoms. The van der Waals surface area contributed by atoms with Gasteiger partial charge in [-0.25, -0.2) is 19.9 Å². The highest BCUT2D eigenvalue weighted by Gasteiger charge is 2.24. The Balaban J connectivity index is 1.08. The van der Waals surface area contributed by atoms with Crippen molar-refractivity contribution in [3.05, 3.63) is 206 Å². The third-order valence-corrected chi connectivity index (χ3v) is 15.2. The zero-order chi connectivity index (χ0) is 42.6. The Kier molecular flexibility index (Phi) is 7.98. The number of thiophene rings is 2. The molecule has 0 N–H and O–H groups in total. The molecule has 0 radical (unpaired) electrons. The maximum Gasteiger partial charge on any atom is 0.163 e. The highest BCUT2D eigenvalue weighted by atomic mass is 32.1. The Morgan fingerprint density at radius 2 is 0.862 bits per heavy atom. The van der Waals surface area contributed by atoms with Gasteiger partial charge in [-0.15, -0.1) is 22.7 Å². The fraction of sp³-hybridized carbons (Fsp3) is 0.0175. The lowest BCUT2D eigenvalue weighted by atomic mass is 10.1. The van der Waals surface area contributed by atoms with Gasteiger partial charge in [0.05, 0.1) is 43.4 Å². The number of para-hydroxylation sites is 2. The summed E-state index contributed by atoms with van der Waals surface area (Å²) in [5.74, 6) is 2.79. The van der Waals surface area contributed by atoms with E-state index < -0.39 is 0 Å². The van der Waals surface area contributed by atoms with Crippen molar-refractivity contribution in [3.8, 4) is 34.3 Å². The maximum atomic E-state index is 5.61. The Morgan fingerprint density at radius 1 is 0.400 bits per heavy atom. The van der Waals surface area contributed by atoms with Crippen molar-refractivity contribution >= 4 is 107 Å². The van der Waals surface area contributed by atoms with E-state index in [1.54, 1.807) is 0 Å². The molecule has 304 valence electrons. The third-order valence-electron chi connectivity index (χ3n) is 12.9. The molecule has 0 aliphatic heterocycles. The second-order valence-electron chi connectivity index (χ2n) is 16.6. The molecule has 14 rings (SSSR count). The summed E-state index contributed by atoms with van der Waals surface area (Å²) in [5, 5.41) is 9.86. The summed E-state index contributed by atoms with van der Waals surface area (Å²) in [7, 11) is 0. The first kappa shape index (κ1) is 36.4. The Hall–Kier alpha value is -8.04. The molecule has 0 aliphatic rings. The van der Waals surface area contributed by atoms with Gasteiger partial charge in [0.15, 0.2) is 11.6 Å². The van der Waals surface area contributed by atoms with Crippen molar-refractivity contribution in [2.24, 2.45) is 0 Å². The van der Waals surface area contributed by atoms with E-state index in [1.807, 2.05) is 59.1 Å². The van der Waals surface area contributed by atoms with Gasteiger partial charge in [0.25, 0.3) is 0 Å². The van der Waals surface area contributed by atoms with Crippen molar-refractivity contribution < 1.29 is 0 Å². The van der Waals surface area contributed by atoms with Crippen LogP contribution in [0.4, 0.5) is 0 Å². The van der Waals surface area contributed by atoms with Crippen LogP contribution in [0.3, 0.4) is 0 Å². The summed E-state index contributed by atoms with van der Waals surface area (Å²) in [6, 6.07) is 66.9. The van der Waals surface area contributed by atoms with Gasteiger partial charge in [-0.3, -0.25) is 4.57 Å². The number of hydrogen-bond donors (Lipinski definition) is 0. The van der Waals surface area contributed by atoms with Gasteiger partial charge in [0.1, 0.15) is 11.6 Å². The number of aromatic nitrogens is 6. The quantitative estimate of drug-likeness (QED) is 0.167. The summed E-state index contributed by atoms with van der Waals surface area (Å²) in [5.41, 5.74) is 8.43. The molecule has 0 atom stereocenters. The van der Waals surface area contributed by atoms with Crippen LogP contribution >= 0.6 is 22.7 Å². The lowest BCUT2D eigenvalue weighted by Gasteiger charge is -2.16. The molecule has 6 nitrogen and oxygen atoms in total. The molecule has 0 amide bonds. The van der Waals surface area contributed by atoms with E-state index in [4.69, 9.17) is 19.9 Å². The second kappa shape index (κ2) is 14.2. The Morgan fingerprint density at radius 3 is 1.43 bits per heavy atom. The molecule has 0 saturated heterocycles. The average molecular weight is 867 g/mol. The van der Waals surface area contributed by atoms with Gasteiger partial charge in [-0.1, -0.05) is 158 Å². The minimum Gasteiger partial charge on any atom is -0.306 e. The monoisotopic (exact) mass is 866 g/mol. The first-order valence-electron chi connectivity index (χ1n) is 21.8. The Labute approximate surface area is 380 Å². The lowest BCUT2D eigenvalue weighted by molar-refractivity contribution is 0.910. The van der Waals surface area contributed by atoms with Gasteiger partial charge < -0.3 is 4.57 Å². The van der Waals surface area contributed by atoms with E-state index in [0.29, 0.717) is 23.9 Å². The molecule has 14 aromatic rings. The Bertz CT molecular complexity index is 4160. The molecule has 0 unspecified atom stereocenters. The van der Waals surface area contributed by atoms with E-state index in [-0.39, 0.29) is 0 Å². The largest absolute Gasteiger partial charge is 0.306 e. The van der Waals surface area contributed by atoms with Gasteiger partial charge >= 0.3 is 0 Å². The number of nitrogens with zero attached hydrogens (tertiary/aromatic N) is 6. The van der Waals surface area contributed by atoms with E-state index in [9.17, 15) is 0 Å². The normalized spacial score (nSPS) is 12.1. The molecular formula is C57H34N6S2. The fourth-order valence-electron chi connectivity index (χ4n) is 10.00. The highest BCUT2D eigenvalue weighted by molar-refractivity contribution is 7.27. The molecular weight excluding hydrogens is 833 g/mol. The molecule has 6 heterocycles. The van der Waals surface area contributed by atoms with E-state index in [2.05, 4.69) is 167 Å². The molecule has 0 fully saturated rings. The van der Waals surface area contributed by atoms with Crippen LogP contribution in [0.1, 0.15) is 11.4 Å². The SMILES string of the molecule is c1ccc(-c2nc(Cc3cc(-n4c5ccccc5c5ccc6c7ccccc7sc6c54)cnc3-n3c4ccccc4c4ccc5c6ccccc6sc5c43)nc(-c3ccccc3)n2)cc1. The van der Waals surface area contributed by atoms with Crippen LogP contribution in [0.2, 0.25) is 0 Å². The van der Waals surface area contributed by atoms with Gasteiger partial charge in [0, 0.05) is 75.6 Å². The van der Waals surface area contributed by atoms with Crippen LogP contribution in [-0.2, 0) is 6.42 Å². The minimum atomic E-state index is 0.407. The standard InChI is InChI=1S/C57H34N6S2/c1-3-15-34(16-4-1)55-59-50(60-56(61-55)35-17-5-2-6-18-35)32-36-31-37(62-46-23-11-7-19-38(46)42-27-29-44-40-21-9-13-25-48(40)64-53(44)51(42)62)33-58-57(36)63-47-24-12-8-20-39(47)43-28-30-45-41-22-10-14-26-49(41)65-54(45)52(43)63/h1-31,33H,32H2. The van der Waals surface area contributed by atoms with Crippen LogP contribution in [0.15, 0.2) is 194 Å². The van der Waals surface area contributed by atoms with Crippen LogP contribution in [-0.4, -0.2) is 29.1 Å². The molecule has 0 bridgehead atoms. The predicted molar refractivity (Wildman–Crippen MR) is 272 cm³/mol.